The summed E-state index contributed by atoms with van der Waals surface area (Å²) in [5, 5.41) is 28.4. The van der Waals surface area contributed by atoms with Crippen LogP contribution in [0.1, 0.15) is 18.5 Å². The molecule has 22 heavy (non-hydrogen) atoms. The molecule has 1 atom stereocenters. The van der Waals surface area contributed by atoms with Crippen molar-refractivity contribution in [3.8, 4) is 17.6 Å². The minimum atomic E-state index is -0.890. The summed E-state index contributed by atoms with van der Waals surface area (Å²) < 4.78 is 5.01. The number of amides is 1. The summed E-state index contributed by atoms with van der Waals surface area (Å²) in [5.41, 5.74) is 0.375. The molecule has 1 unspecified atom stereocenters. The van der Waals surface area contributed by atoms with Crippen molar-refractivity contribution < 1.29 is 24.5 Å². The first-order valence-corrected chi connectivity index (χ1v) is 6.41. The number of phenols is 1. The predicted molar refractivity (Wildman–Crippen MR) is 75.1 cm³/mol. The molecule has 0 bridgehead atoms. The number of aliphatic hydroxyl groups is 1. The molecule has 1 aliphatic rings. The topological polar surface area (TPSA) is 111 Å². The molecule has 0 saturated heterocycles. The van der Waals surface area contributed by atoms with E-state index >= 15 is 0 Å². The van der Waals surface area contributed by atoms with Gasteiger partial charge in [0.25, 0.3) is 5.91 Å². The van der Waals surface area contributed by atoms with E-state index in [1.54, 1.807) is 0 Å². The number of methoxy groups -OCH3 is 1. The number of nitriles is 1. The highest BCUT2D eigenvalue weighted by molar-refractivity contribution is 6.08. The number of aromatic hydroxyl groups is 1. The maximum absolute atomic E-state index is 12.0. The van der Waals surface area contributed by atoms with Crippen molar-refractivity contribution in [2.45, 2.75) is 13.0 Å². The van der Waals surface area contributed by atoms with Crippen LogP contribution in [0.15, 0.2) is 29.5 Å². The number of carbonyl (C=O) groups excluding carboxylic acids is 2. The third kappa shape index (κ3) is 2.35. The third-order valence-corrected chi connectivity index (χ3v) is 3.44. The fourth-order valence-corrected chi connectivity index (χ4v) is 2.46. The Morgan fingerprint density at radius 1 is 1.45 bits per heavy atom. The summed E-state index contributed by atoms with van der Waals surface area (Å²) in [5.74, 6) is -1.83. The molecule has 2 N–H and O–H groups in total. The summed E-state index contributed by atoms with van der Waals surface area (Å²) in [6.45, 7) is 0.951. The minimum Gasteiger partial charge on any atom is -0.504 e. The number of carbonyl (C=O) groups is 2. The number of nitrogens with zero attached hydrogens (tertiary/aromatic N) is 2. The molecule has 1 aliphatic heterocycles. The van der Waals surface area contributed by atoms with Gasteiger partial charge in [0.1, 0.15) is 6.54 Å². The number of ether oxygens (including phenoxy) is 1. The van der Waals surface area contributed by atoms with Crippen LogP contribution < -0.4 is 4.74 Å². The number of hydrogen-bond donors (Lipinski definition) is 2. The van der Waals surface area contributed by atoms with Gasteiger partial charge in [-0.15, -0.1) is 0 Å². The lowest BCUT2D eigenvalue weighted by Crippen LogP contribution is -2.31. The SMILES string of the molecule is COc1cc(C2C(C(C)=O)=C(O)C(=O)N2CC#N)ccc1O. The maximum Gasteiger partial charge on any atom is 0.290 e. The van der Waals surface area contributed by atoms with Crippen LogP contribution in [0, 0.1) is 11.3 Å². The van der Waals surface area contributed by atoms with Crippen molar-refractivity contribution in [1.82, 2.24) is 4.90 Å². The number of benzene rings is 1. The van der Waals surface area contributed by atoms with Crippen LogP contribution in [0.3, 0.4) is 0 Å². The molecule has 0 aromatic heterocycles. The molecule has 1 aromatic carbocycles. The van der Waals surface area contributed by atoms with Gasteiger partial charge in [0, 0.05) is 0 Å². The number of aliphatic hydroxyl groups excluding tert-OH is 1. The second-order valence-corrected chi connectivity index (χ2v) is 4.74. The third-order valence-electron chi connectivity index (χ3n) is 3.44. The monoisotopic (exact) mass is 302 g/mol. The van der Waals surface area contributed by atoms with Gasteiger partial charge in [-0.25, -0.2) is 0 Å². The Kier molecular flexibility index (Phi) is 4.04. The first kappa shape index (κ1) is 15.4. The molecule has 2 rings (SSSR count). The van der Waals surface area contributed by atoms with Crippen molar-refractivity contribution >= 4 is 11.7 Å². The number of phenolic OH excluding ortho intramolecular Hbond substituents is 1. The zero-order valence-corrected chi connectivity index (χ0v) is 12.0. The standard InChI is InChI=1S/C15H14N2O5/c1-8(18)12-13(17(6-5-16)15(21)14(12)20)9-3-4-10(19)11(7-9)22-2/h3-4,7,13,19-20H,6H2,1-2H3. The molecule has 0 spiro atoms. The minimum absolute atomic E-state index is 0.0759. The van der Waals surface area contributed by atoms with Gasteiger partial charge >= 0.3 is 0 Å². The predicted octanol–water partition coefficient (Wildman–Crippen LogP) is 1.21. The van der Waals surface area contributed by atoms with E-state index in [4.69, 9.17) is 10.00 Å². The molecule has 0 saturated carbocycles. The van der Waals surface area contributed by atoms with Crippen LogP contribution in [0.5, 0.6) is 11.5 Å². The van der Waals surface area contributed by atoms with E-state index in [9.17, 15) is 19.8 Å². The van der Waals surface area contributed by atoms with Crippen molar-refractivity contribution in [3.63, 3.8) is 0 Å². The van der Waals surface area contributed by atoms with E-state index in [0.717, 1.165) is 4.90 Å². The van der Waals surface area contributed by atoms with Gasteiger partial charge in [-0.2, -0.15) is 5.26 Å². The maximum atomic E-state index is 12.0. The van der Waals surface area contributed by atoms with Gasteiger partial charge in [-0.05, 0) is 24.6 Å². The Morgan fingerprint density at radius 3 is 2.68 bits per heavy atom. The highest BCUT2D eigenvalue weighted by Gasteiger charge is 2.42. The van der Waals surface area contributed by atoms with Crippen LogP contribution in [0.25, 0.3) is 0 Å². The molecule has 0 aliphatic carbocycles. The van der Waals surface area contributed by atoms with Crippen LogP contribution in [-0.2, 0) is 9.59 Å². The van der Waals surface area contributed by atoms with Crippen molar-refractivity contribution in [2.24, 2.45) is 0 Å². The van der Waals surface area contributed by atoms with Crippen molar-refractivity contribution in [1.29, 1.82) is 5.26 Å². The number of ketones is 1. The highest BCUT2D eigenvalue weighted by atomic mass is 16.5. The van der Waals surface area contributed by atoms with Gasteiger partial charge in [-0.3, -0.25) is 9.59 Å². The van der Waals surface area contributed by atoms with Crippen molar-refractivity contribution in [3.05, 3.63) is 35.1 Å². The lowest BCUT2D eigenvalue weighted by atomic mass is 9.96. The average molecular weight is 302 g/mol. The van der Waals surface area contributed by atoms with Crippen LogP contribution in [-0.4, -0.2) is 40.5 Å². The molecule has 1 amide bonds. The quantitative estimate of drug-likeness (QED) is 0.809. The Morgan fingerprint density at radius 2 is 2.14 bits per heavy atom. The highest BCUT2D eigenvalue weighted by Crippen LogP contribution is 2.40. The zero-order chi connectivity index (χ0) is 16.4. The average Bonchev–Trinajstić information content (AvgIpc) is 2.73. The molecule has 7 heteroatoms. The van der Waals surface area contributed by atoms with E-state index < -0.39 is 23.5 Å². The lowest BCUT2D eigenvalue weighted by Gasteiger charge is -2.24. The van der Waals surface area contributed by atoms with Crippen LogP contribution in [0.4, 0.5) is 0 Å². The van der Waals surface area contributed by atoms with Gasteiger partial charge in [0.15, 0.2) is 23.0 Å². The summed E-state index contributed by atoms with van der Waals surface area (Å²) >= 11 is 0. The zero-order valence-electron chi connectivity index (χ0n) is 12.0. The second-order valence-electron chi connectivity index (χ2n) is 4.74. The van der Waals surface area contributed by atoms with E-state index in [0.29, 0.717) is 5.56 Å². The second kappa shape index (κ2) is 5.77. The lowest BCUT2D eigenvalue weighted by molar-refractivity contribution is -0.128. The van der Waals surface area contributed by atoms with E-state index in [1.165, 1.54) is 32.2 Å². The van der Waals surface area contributed by atoms with Crippen molar-refractivity contribution in [2.75, 3.05) is 13.7 Å². The van der Waals surface area contributed by atoms with Gasteiger partial charge in [0.05, 0.1) is 24.8 Å². The molecule has 1 aromatic rings. The van der Waals surface area contributed by atoms with E-state index in [1.807, 2.05) is 6.07 Å². The Hall–Kier alpha value is -3.01. The van der Waals surface area contributed by atoms with Crippen LogP contribution >= 0.6 is 0 Å². The summed E-state index contributed by atoms with van der Waals surface area (Å²) in [4.78, 5) is 24.9. The van der Waals surface area contributed by atoms with Gasteiger partial charge < -0.3 is 19.8 Å². The fourth-order valence-electron chi connectivity index (χ4n) is 2.46. The normalized spacial score (nSPS) is 17.6. The van der Waals surface area contributed by atoms with E-state index in [2.05, 4.69) is 0 Å². The summed E-state index contributed by atoms with van der Waals surface area (Å²) in [6.07, 6.45) is 0. The Labute approximate surface area is 126 Å². The number of hydrogen-bond acceptors (Lipinski definition) is 6. The first-order chi connectivity index (χ1) is 10.4. The van der Waals surface area contributed by atoms with Gasteiger partial charge in [0.2, 0.25) is 0 Å². The van der Waals surface area contributed by atoms with E-state index in [-0.39, 0.29) is 23.6 Å². The molecule has 7 nitrogen and oxygen atoms in total. The Bertz CT molecular complexity index is 717. The first-order valence-electron chi connectivity index (χ1n) is 6.41. The summed E-state index contributed by atoms with van der Waals surface area (Å²) in [7, 11) is 1.37. The molecular weight excluding hydrogens is 288 g/mol. The van der Waals surface area contributed by atoms with Gasteiger partial charge in [-0.1, -0.05) is 6.07 Å². The molecular formula is C15H14N2O5. The number of rotatable bonds is 4. The fraction of sp³-hybridized carbons (Fsp3) is 0.267. The Balaban J connectivity index is 2.60. The number of Topliss-reactive ketones (excluding diaryl/α,β-unsaturated/α-hetero) is 1. The molecule has 0 radical (unpaired) electrons. The molecule has 114 valence electrons. The molecule has 0 fully saturated rings. The van der Waals surface area contributed by atoms with Crippen LogP contribution in [0.2, 0.25) is 0 Å². The largest absolute Gasteiger partial charge is 0.504 e. The molecule has 1 heterocycles. The summed E-state index contributed by atoms with van der Waals surface area (Å²) in [6, 6.07) is 5.26. The smallest absolute Gasteiger partial charge is 0.290 e.